The first kappa shape index (κ1) is 22.0. The quantitative estimate of drug-likeness (QED) is 0.359. The molecule has 0 unspecified atom stereocenters. The fourth-order valence-corrected chi connectivity index (χ4v) is 3.30. The van der Waals surface area contributed by atoms with E-state index in [1.54, 1.807) is 29.3 Å². The molecule has 0 aliphatic heterocycles. The summed E-state index contributed by atoms with van der Waals surface area (Å²) in [6.07, 6.45) is 1.62. The largest absolute Gasteiger partial charge is 0.491 e. The summed E-state index contributed by atoms with van der Waals surface area (Å²) in [5, 5.41) is 0. The van der Waals surface area contributed by atoms with Gasteiger partial charge in [0.2, 0.25) is 11.8 Å². The minimum Gasteiger partial charge on any atom is -0.491 e. The number of anilines is 1. The summed E-state index contributed by atoms with van der Waals surface area (Å²) in [5.74, 6) is 1.33. The van der Waals surface area contributed by atoms with Crippen molar-refractivity contribution in [1.82, 2.24) is 4.98 Å². The number of carbonyl (C=O) groups excluding carboxylic acids is 1. The van der Waals surface area contributed by atoms with Gasteiger partial charge in [-0.05, 0) is 72.0 Å². The topological polar surface area (TPSA) is 51.7 Å². The summed E-state index contributed by atoms with van der Waals surface area (Å²) in [5.41, 5.74) is 2.34. The maximum atomic E-state index is 12.6. The van der Waals surface area contributed by atoms with Gasteiger partial charge in [-0.25, -0.2) is 9.37 Å². The number of alkyl halides is 1. The van der Waals surface area contributed by atoms with E-state index in [2.05, 4.69) is 27.6 Å². The zero-order chi connectivity index (χ0) is 21.5. The van der Waals surface area contributed by atoms with Gasteiger partial charge in [-0.15, -0.1) is 0 Å². The number of amides is 1. The molecule has 0 bridgehead atoms. The van der Waals surface area contributed by atoms with Gasteiger partial charge in [-0.2, -0.15) is 0 Å². The Bertz CT molecular complexity index is 1010. The average molecular weight is 520 g/mol. The summed E-state index contributed by atoms with van der Waals surface area (Å²) in [7, 11) is 0. The first-order valence-electron chi connectivity index (χ1n) is 9.42. The highest BCUT2D eigenvalue weighted by Crippen LogP contribution is 2.33. The lowest BCUT2D eigenvalue weighted by Gasteiger charge is -2.24. The predicted molar refractivity (Wildman–Crippen MR) is 123 cm³/mol. The second-order valence-corrected chi connectivity index (χ2v) is 7.88. The van der Waals surface area contributed by atoms with Crippen LogP contribution in [0.4, 0.5) is 10.1 Å². The van der Waals surface area contributed by atoms with Crippen molar-refractivity contribution >= 4 is 34.2 Å². The SMILES string of the molecule is CC(=O)N(Cc1cc(C)ccc1OCCF)c1cccnc1Oc1ccc(I)cc1. The Labute approximate surface area is 189 Å². The molecule has 1 amide bonds. The number of nitrogens with zero attached hydrogens (tertiary/aromatic N) is 2. The summed E-state index contributed by atoms with van der Waals surface area (Å²) in [4.78, 5) is 18.5. The highest BCUT2D eigenvalue weighted by atomic mass is 127. The maximum absolute atomic E-state index is 12.6. The van der Waals surface area contributed by atoms with Gasteiger partial charge in [0.05, 0.1) is 6.54 Å². The van der Waals surface area contributed by atoms with Gasteiger partial charge in [-0.1, -0.05) is 17.7 Å². The van der Waals surface area contributed by atoms with E-state index in [9.17, 15) is 9.18 Å². The molecule has 0 atom stereocenters. The zero-order valence-corrected chi connectivity index (χ0v) is 18.9. The molecular weight excluding hydrogens is 498 g/mol. The molecule has 0 saturated carbocycles. The molecule has 5 nitrogen and oxygen atoms in total. The third kappa shape index (κ3) is 5.69. The lowest BCUT2D eigenvalue weighted by molar-refractivity contribution is -0.116. The Hall–Kier alpha value is -2.68. The molecule has 0 fully saturated rings. The zero-order valence-electron chi connectivity index (χ0n) is 16.8. The number of hydrogen-bond donors (Lipinski definition) is 0. The van der Waals surface area contributed by atoms with E-state index < -0.39 is 6.67 Å². The predicted octanol–water partition coefficient (Wildman–Crippen LogP) is 5.69. The highest BCUT2D eigenvalue weighted by molar-refractivity contribution is 14.1. The van der Waals surface area contributed by atoms with Crippen LogP contribution in [0.2, 0.25) is 0 Å². The Morgan fingerprint density at radius 2 is 1.93 bits per heavy atom. The second-order valence-electron chi connectivity index (χ2n) is 6.64. The number of benzene rings is 2. The van der Waals surface area contributed by atoms with E-state index >= 15 is 0 Å². The number of ether oxygens (including phenoxy) is 2. The molecule has 0 radical (unpaired) electrons. The number of halogens is 2. The van der Waals surface area contributed by atoms with Crippen LogP contribution in [0.15, 0.2) is 60.8 Å². The molecule has 0 spiro atoms. The van der Waals surface area contributed by atoms with Crippen LogP contribution in [0.3, 0.4) is 0 Å². The van der Waals surface area contributed by atoms with Gasteiger partial charge in [0, 0.05) is 22.3 Å². The first-order valence-corrected chi connectivity index (χ1v) is 10.5. The van der Waals surface area contributed by atoms with Crippen LogP contribution < -0.4 is 14.4 Å². The molecule has 30 heavy (non-hydrogen) atoms. The lowest BCUT2D eigenvalue weighted by atomic mass is 10.1. The second kappa shape index (κ2) is 10.4. The third-order valence-corrected chi connectivity index (χ3v) is 5.05. The first-order chi connectivity index (χ1) is 14.5. The Morgan fingerprint density at radius 3 is 2.63 bits per heavy atom. The van der Waals surface area contributed by atoms with Crippen molar-refractivity contribution in [1.29, 1.82) is 0 Å². The van der Waals surface area contributed by atoms with Crippen molar-refractivity contribution in [3.8, 4) is 17.4 Å². The van der Waals surface area contributed by atoms with Crippen LogP contribution in [0.25, 0.3) is 0 Å². The van der Waals surface area contributed by atoms with Crippen LogP contribution in [0, 0.1) is 10.5 Å². The van der Waals surface area contributed by atoms with Crippen LogP contribution >= 0.6 is 22.6 Å². The highest BCUT2D eigenvalue weighted by Gasteiger charge is 2.20. The van der Waals surface area contributed by atoms with E-state index in [0.29, 0.717) is 23.1 Å². The number of rotatable bonds is 8. The van der Waals surface area contributed by atoms with Gasteiger partial charge >= 0.3 is 0 Å². The summed E-state index contributed by atoms with van der Waals surface area (Å²) in [6.45, 7) is 3.06. The fourth-order valence-electron chi connectivity index (χ4n) is 2.94. The summed E-state index contributed by atoms with van der Waals surface area (Å²) < 4.78 is 25.2. The van der Waals surface area contributed by atoms with Gasteiger partial charge in [-0.3, -0.25) is 4.79 Å². The number of hydrogen-bond acceptors (Lipinski definition) is 4. The molecule has 1 heterocycles. The molecular formula is C23H22FIN2O3. The molecule has 156 valence electrons. The Balaban J connectivity index is 1.94. The van der Waals surface area contributed by atoms with Crippen LogP contribution in [0.1, 0.15) is 18.1 Å². The fraction of sp³-hybridized carbons (Fsp3) is 0.217. The van der Waals surface area contributed by atoms with E-state index in [1.165, 1.54) is 6.92 Å². The Kier molecular flexibility index (Phi) is 7.62. The monoisotopic (exact) mass is 520 g/mol. The molecule has 0 N–H and O–H groups in total. The molecule has 7 heteroatoms. The van der Waals surface area contributed by atoms with E-state index in [4.69, 9.17) is 9.47 Å². The van der Waals surface area contributed by atoms with E-state index in [-0.39, 0.29) is 19.1 Å². The number of aryl methyl sites for hydroxylation is 1. The molecule has 3 aromatic rings. The van der Waals surface area contributed by atoms with Gasteiger partial charge in [0.15, 0.2) is 0 Å². The standard InChI is InChI=1S/C23H22FIN2O3/c1-16-5-10-22(29-13-11-24)18(14-16)15-27(17(2)28)21-4-3-12-26-23(21)30-20-8-6-19(25)7-9-20/h3-10,12,14H,11,13,15H2,1-2H3. The molecule has 0 saturated heterocycles. The van der Waals surface area contributed by atoms with Crippen molar-refractivity contribution in [3.05, 3.63) is 75.5 Å². The van der Waals surface area contributed by atoms with Crippen molar-refractivity contribution < 1.29 is 18.7 Å². The smallest absolute Gasteiger partial charge is 0.243 e. The number of carbonyl (C=O) groups is 1. The van der Waals surface area contributed by atoms with E-state index in [0.717, 1.165) is 14.7 Å². The average Bonchev–Trinajstić information content (AvgIpc) is 2.73. The van der Waals surface area contributed by atoms with Gasteiger partial charge in [0.25, 0.3) is 0 Å². The van der Waals surface area contributed by atoms with Crippen LogP contribution in [0.5, 0.6) is 17.4 Å². The third-order valence-electron chi connectivity index (χ3n) is 4.33. The minimum atomic E-state index is -0.583. The molecule has 2 aromatic carbocycles. The summed E-state index contributed by atoms with van der Waals surface area (Å²) in [6, 6.07) is 16.7. The lowest BCUT2D eigenvalue weighted by Crippen LogP contribution is -2.28. The van der Waals surface area contributed by atoms with Crippen molar-refractivity contribution in [2.24, 2.45) is 0 Å². The molecule has 0 aliphatic carbocycles. The molecule has 0 aliphatic rings. The van der Waals surface area contributed by atoms with Crippen LogP contribution in [-0.2, 0) is 11.3 Å². The van der Waals surface area contributed by atoms with Crippen molar-refractivity contribution in [3.63, 3.8) is 0 Å². The summed E-state index contributed by atoms with van der Waals surface area (Å²) >= 11 is 2.22. The number of pyridine rings is 1. The van der Waals surface area contributed by atoms with Crippen molar-refractivity contribution in [2.45, 2.75) is 20.4 Å². The van der Waals surface area contributed by atoms with Crippen molar-refractivity contribution in [2.75, 3.05) is 18.2 Å². The van der Waals surface area contributed by atoms with Crippen LogP contribution in [-0.4, -0.2) is 24.2 Å². The Morgan fingerprint density at radius 1 is 1.17 bits per heavy atom. The normalized spacial score (nSPS) is 10.5. The molecule has 3 rings (SSSR count). The minimum absolute atomic E-state index is 0.0375. The van der Waals surface area contributed by atoms with Gasteiger partial charge < -0.3 is 14.4 Å². The molecule has 1 aromatic heterocycles. The van der Waals surface area contributed by atoms with Gasteiger partial charge in [0.1, 0.15) is 30.5 Å². The maximum Gasteiger partial charge on any atom is 0.243 e. The van der Waals surface area contributed by atoms with E-state index in [1.807, 2.05) is 43.3 Å². The number of aromatic nitrogens is 1.